The van der Waals surface area contributed by atoms with E-state index >= 15 is 0 Å². The van der Waals surface area contributed by atoms with Crippen LogP contribution < -0.4 is 4.90 Å². The molecule has 1 N–H and O–H groups in total. The average molecular weight is 233 g/mol. The Bertz CT molecular complexity index is 392. The molecule has 92 valence electrons. The lowest BCUT2D eigenvalue weighted by molar-refractivity contribution is -0.136. The van der Waals surface area contributed by atoms with Gasteiger partial charge in [0.15, 0.2) is 0 Å². The van der Waals surface area contributed by atoms with Crippen LogP contribution in [0.2, 0.25) is 0 Å². The van der Waals surface area contributed by atoms with Crippen molar-refractivity contribution in [1.29, 1.82) is 0 Å². The van der Waals surface area contributed by atoms with E-state index in [-0.39, 0.29) is 6.42 Å². The van der Waals surface area contributed by atoms with Gasteiger partial charge in [-0.25, -0.2) is 0 Å². The molecule has 1 aromatic carbocycles. The summed E-state index contributed by atoms with van der Waals surface area (Å²) in [5.74, 6) is -0.775. The first-order chi connectivity index (χ1) is 8.02. The van der Waals surface area contributed by atoms with Gasteiger partial charge in [-0.15, -0.1) is 6.58 Å². The van der Waals surface area contributed by atoms with Gasteiger partial charge in [-0.3, -0.25) is 4.79 Å². The highest BCUT2D eigenvalue weighted by molar-refractivity contribution is 5.67. The summed E-state index contributed by atoms with van der Waals surface area (Å²) in [6, 6.07) is 6.24. The van der Waals surface area contributed by atoms with Crippen LogP contribution in [-0.4, -0.2) is 24.2 Å². The van der Waals surface area contributed by atoms with Crippen molar-refractivity contribution >= 4 is 11.7 Å². The fourth-order valence-electron chi connectivity index (χ4n) is 1.85. The van der Waals surface area contributed by atoms with Crippen LogP contribution >= 0.6 is 0 Å². The summed E-state index contributed by atoms with van der Waals surface area (Å²) in [7, 11) is 0. The summed E-state index contributed by atoms with van der Waals surface area (Å²) >= 11 is 0. The number of aryl methyl sites for hydroxylation is 2. The Morgan fingerprint density at radius 2 is 1.94 bits per heavy atom. The number of carboxylic acid groups (broad SMARTS) is 1. The monoisotopic (exact) mass is 233 g/mol. The van der Waals surface area contributed by atoms with E-state index < -0.39 is 5.97 Å². The first kappa shape index (κ1) is 13.3. The summed E-state index contributed by atoms with van der Waals surface area (Å²) in [4.78, 5) is 12.6. The molecule has 0 aliphatic rings. The third-order valence-corrected chi connectivity index (χ3v) is 2.52. The minimum Gasteiger partial charge on any atom is -0.481 e. The fraction of sp³-hybridized carbons (Fsp3) is 0.357. The molecule has 0 aliphatic carbocycles. The Labute approximate surface area is 102 Å². The second-order valence-corrected chi connectivity index (χ2v) is 4.22. The van der Waals surface area contributed by atoms with Crippen LogP contribution in [0.4, 0.5) is 5.69 Å². The minimum absolute atomic E-state index is 0.140. The maximum atomic E-state index is 10.6. The van der Waals surface area contributed by atoms with Crippen molar-refractivity contribution in [3.63, 3.8) is 0 Å². The van der Waals surface area contributed by atoms with E-state index in [1.165, 1.54) is 11.1 Å². The summed E-state index contributed by atoms with van der Waals surface area (Å²) < 4.78 is 0. The normalized spacial score (nSPS) is 10.0. The highest BCUT2D eigenvalue weighted by atomic mass is 16.4. The molecule has 0 saturated heterocycles. The highest BCUT2D eigenvalue weighted by Crippen LogP contribution is 2.19. The van der Waals surface area contributed by atoms with Gasteiger partial charge in [-0.2, -0.15) is 0 Å². The van der Waals surface area contributed by atoms with Crippen molar-refractivity contribution in [2.45, 2.75) is 20.3 Å². The number of carboxylic acids is 1. The zero-order valence-corrected chi connectivity index (χ0v) is 10.4. The number of hydrogen-bond donors (Lipinski definition) is 1. The molecule has 3 heteroatoms. The second kappa shape index (κ2) is 6.09. The molecule has 17 heavy (non-hydrogen) atoms. The smallest absolute Gasteiger partial charge is 0.305 e. The minimum atomic E-state index is -0.775. The number of hydrogen-bond acceptors (Lipinski definition) is 2. The van der Waals surface area contributed by atoms with Gasteiger partial charge in [-0.1, -0.05) is 12.1 Å². The van der Waals surface area contributed by atoms with E-state index in [1.807, 2.05) is 18.7 Å². The van der Waals surface area contributed by atoms with Crippen molar-refractivity contribution in [1.82, 2.24) is 0 Å². The number of aliphatic carboxylic acids is 1. The van der Waals surface area contributed by atoms with Crippen LogP contribution in [0.3, 0.4) is 0 Å². The van der Waals surface area contributed by atoms with Gasteiger partial charge in [-0.05, 0) is 37.1 Å². The molecule has 0 aromatic heterocycles. The van der Waals surface area contributed by atoms with E-state index in [4.69, 9.17) is 5.11 Å². The highest BCUT2D eigenvalue weighted by Gasteiger charge is 2.08. The Morgan fingerprint density at radius 3 is 2.41 bits per heavy atom. The van der Waals surface area contributed by atoms with Crippen molar-refractivity contribution in [2.24, 2.45) is 0 Å². The van der Waals surface area contributed by atoms with Gasteiger partial charge in [0.2, 0.25) is 0 Å². The Kier molecular flexibility index (Phi) is 4.76. The quantitative estimate of drug-likeness (QED) is 0.768. The van der Waals surface area contributed by atoms with E-state index in [2.05, 4.69) is 24.8 Å². The van der Waals surface area contributed by atoms with E-state index in [0.29, 0.717) is 13.1 Å². The zero-order chi connectivity index (χ0) is 12.8. The predicted octanol–water partition coefficient (Wildman–Crippen LogP) is 2.77. The standard InChI is InChI=1S/C14H19NO2/c1-4-6-15(7-5-14(16)17)13-9-11(2)8-12(3)10-13/h4,8-10H,1,5-7H2,2-3H3,(H,16,17). The summed E-state index contributed by atoms with van der Waals surface area (Å²) in [5, 5.41) is 8.73. The van der Waals surface area contributed by atoms with Crippen molar-refractivity contribution in [3.8, 4) is 0 Å². The molecular weight excluding hydrogens is 214 g/mol. The molecule has 0 aliphatic heterocycles. The fourth-order valence-corrected chi connectivity index (χ4v) is 1.85. The molecule has 0 amide bonds. The van der Waals surface area contributed by atoms with Gasteiger partial charge in [0, 0.05) is 18.8 Å². The lowest BCUT2D eigenvalue weighted by Crippen LogP contribution is -2.26. The molecule has 0 spiro atoms. The summed E-state index contributed by atoms with van der Waals surface area (Å²) in [6.45, 7) is 8.96. The van der Waals surface area contributed by atoms with Crippen LogP contribution in [0.1, 0.15) is 17.5 Å². The SMILES string of the molecule is C=CCN(CCC(=O)O)c1cc(C)cc(C)c1. The van der Waals surface area contributed by atoms with Gasteiger partial charge < -0.3 is 10.0 Å². The molecule has 3 nitrogen and oxygen atoms in total. The van der Waals surface area contributed by atoms with Gasteiger partial charge >= 0.3 is 5.97 Å². The third-order valence-electron chi connectivity index (χ3n) is 2.52. The average Bonchev–Trinajstić information content (AvgIpc) is 2.22. The maximum absolute atomic E-state index is 10.6. The molecule has 1 aromatic rings. The largest absolute Gasteiger partial charge is 0.481 e. The van der Waals surface area contributed by atoms with E-state index in [9.17, 15) is 4.79 Å². The first-order valence-electron chi connectivity index (χ1n) is 5.69. The molecule has 0 heterocycles. The molecule has 0 bridgehead atoms. The number of rotatable bonds is 6. The summed E-state index contributed by atoms with van der Waals surface area (Å²) in [5.41, 5.74) is 3.43. The van der Waals surface area contributed by atoms with Crippen LogP contribution in [0.25, 0.3) is 0 Å². The number of carbonyl (C=O) groups is 1. The van der Waals surface area contributed by atoms with Crippen LogP contribution in [0.15, 0.2) is 30.9 Å². The summed E-state index contributed by atoms with van der Waals surface area (Å²) in [6.07, 6.45) is 1.93. The molecule has 0 radical (unpaired) electrons. The van der Waals surface area contributed by atoms with E-state index in [1.54, 1.807) is 6.08 Å². The Hall–Kier alpha value is -1.77. The molecule has 0 fully saturated rings. The first-order valence-corrected chi connectivity index (χ1v) is 5.69. The van der Waals surface area contributed by atoms with Gasteiger partial charge in [0.1, 0.15) is 0 Å². The predicted molar refractivity (Wildman–Crippen MR) is 70.6 cm³/mol. The third kappa shape index (κ3) is 4.31. The Morgan fingerprint density at radius 1 is 1.35 bits per heavy atom. The van der Waals surface area contributed by atoms with Crippen molar-refractivity contribution in [2.75, 3.05) is 18.0 Å². The lowest BCUT2D eigenvalue weighted by atomic mass is 10.1. The molecule has 0 unspecified atom stereocenters. The van der Waals surface area contributed by atoms with Crippen LogP contribution in [-0.2, 0) is 4.79 Å². The number of benzene rings is 1. The zero-order valence-electron chi connectivity index (χ0n) is 10.4. The molecular formula is C14H19NO2. The topological polar surface area (TPSA) is 40.5 Å². The van der Waals surface area contributed by atoms with Crippen molar-refractivity contribution < 1.29 is 9.90 Å². The van der Waals surface area contributed by atoms with Crippen LogP contribution in [0, 0.1) is 13.8 Å². The molecule has 0 atom stereocenters. The second-order valence-electron chi connectivity index (χ2n) is 4.22. The van der Waals surface area contributed by atoms with E-state index in [0.717, 1.165) is 5.69 Å². The van der Waals surface area contributed by atoms with Gasteiger partial charge in [0.25, 0.3) is 0 Å². The molecule has 1 rings (SSSR count). The van der Waals surface area contributed by atoms with Gasteiger partial charge in [0.05, 0.1) is 6.42 Å². The number of nitrogens with zero attached hydrogens (tertiary/aromatic N) is 1. The van der Waals surface area contributed by atoms with Crippen molar-refractivity contribution in [3.05, 3.63) is 42.0 Å². The Balaban J connectivity index is 2.87. The maximum Gasteiger partial charge on any atom is 0.305 e. The number of anilines is 1. The molecule has 0 saturated carbocycles. The van der Waals surface area contributed by atoms with Crippen LogP contribution in [0.5, 0.6) is 0 Å². The lowest BCUT2D eigenvalue weighted by Gasteiger charge is -2.23.